The Morgan fingerprint density at radius 3 is 2.48 bits per heavy atom. The van der Waals surface area contributed by atoms with Gasteiger partial charge in [0, 0.05) is 31.9 Å². The predicted octanol–water partition coefficient (Wildman–Crippen LogP) is 1.10. The molecule has 0 unspecified atom stereocenters. The summed E-state index contributed by atoms with van der Waals surface area (Å²) < 4.78 is 0. The van der Waals surface area contributed by atoms with Crippen LogP contribution in [0.1, 0.15) is 5.82 Å². The van der Waals surface area contributed by atoms with Crippen molar-refractivity contribution in [1.82, 2.24) is 25.6 Å². The minimum absolute atomic E-state index is 0.0691. The molecule has 138 valence electrons. The molecule has 1 saturated heterocycles. The molecule has 1 fully saturated rings. The molecular formula is C18H20N8O. The van der Waals surface area contributed by atoms with Gasteiger partial charge < -0.3 is 15.1 Å². The van der Waals surface area contributed by atoms with Crippen LogP contribution in [0.25, 0.3) is 0 Å². The highest BCUT2D eigenvalue weighted by molar-refractivity contribution is 5.91. The molecule has 9 nitrogen and oxygen atoms in total. The summed E-state index contributed by atoms with van der Waals surface area (Å²) >= 11 is 0. The maximum absolute atomic E-state index is 12.0. The van der Waals surface area contributed by atoms with Gasteiger partial charge in [0.2, 0.25) is 5.91 Å². The topological polar surface area (TPSA) is 103 Å². The predicted molar refractivity (Wildman–Crippen MR) is 102 cm³/mol. The molecule has 2 aromatic heterocycles. The molecule has 0 aliphatic carbocycles. The molecule has 4 rings (SSSR count). The number of nitrogens with zero attached hydrogens (tertiary/aromatic N) is 6. The molecule has 3 heterocycles. The van der Waals surface area contributed by atoms with Crippen molar-refractivity contribution in [3.05, 3.63) is 54.5 Å². The second-order valence-electron chi connectivity index (χ2n) is 6.27. The quantitative estimate of drug-likeness (QED) is 0.699. The number of rotatable bonds is 5. The van der Waals surface area contributed by atoms with E-state index in [1.54, 1.807) is 6.20 Å². The highest BCUT2D eigenvalue weighted by atomic mass is 16.1. The molecule has 9 heteroatoms. The Kier molecular flexibility index (Phi) is 4.91. The fourth-order valence-corrected chi connectivity index (χ4v) is 3.09. The summed E-state index contributed by atoms with van der Waals surface area (Å²) in [6, 6.07) is 14.2. The standard InChI is InChI=1S/C18H20N8O/c27-18(12-16-21-23-24-22-16)20-14-6-7-17(19-13-14)26-10-8-25(9-11-26)15-4-2-1-3-5-15/h1-7,13H,8-12H2,(H,20,27)(H,21,22,23,24). The number of hydrogen-bond donors (Lipinski definition) is 2. The molecule has 27 heavy (non-hydrogen) atoms. The van der Waals surface area contributed by atoms with Crippen molar-refractivity contribution >= 4 is 23.1 Å². The summed E-state index contributed by atoms with van der Waals surface area (Å²) in [6.07, 6.45) is 1.74. The Morgan fingerprint density at radius 1 is 1.04 bits per heavy atom. The summed E-state index contributed by atoms with van der Waals surface area (Å²) in [4.78, 5) is 21.1. The van der Waals surface area contributed by atoms with Crippen molar-refractivity contribution in [2.75, 3.05) is 41.3 Å². The molecule has 0 spiro atoms. The van der Waals surface area contributed by atoms with E-state index >= 15 is 0 Å². The Hall–Kier alpha value is -3.49. The van der Waals surface area contributed by atoms with Crippen LogP contribution in [-0.2, 0) is 11.2 Å². The molecule has 1 aromatic carbocycles. The number of aromatic amines is 1. The van der Waals surface area contributed by atoms with E-state index in [9.17, 15) is 4.79 Å². The molecule has 1 aliphatic rings. The second-order valence-corrected chi connectivity index (χ2v) is 6.27. The van der Waals surface area contributed by atoms with Gasteiger partial charge in [-0.15, -0.1) is 10.2 Å². The van der Waals surface area contributed by atoms with E-state index in [1.165, 1.54) is 5.69 Å². The van der Waals surface area contributed by atoms with Crippen LogP contribution in [0.2, 0.25) is 0 Å². The third kappa shape index (κ3) is 4.20. The summed E-state index contributed by atoms with van der Waals surface area (Å²) in [6.45, 7) is 3.72. The first kappa shape index (κ1) is 17.0. The Bertz CT molecular complexity index is 858. The molecule has 1 aliphatic heterocycles. The van der Waals surface area contributed by atoms with Crippen LogP contribution >= 0.6 is 0 Å². The summed E-state index contributed by atoms with van der Waals surface area (Å²) in [7, 11) is 0. The zero-order valence-corrected chi connectivity index (χ0v) is 14.7. The average molecular weight is 364 g/mol. The van der Waals surface area contributed by atoms with Crippen LogP contribution < -0.4 is 15.1 Å². The molecular weight excluding hydrogens is 344 g/mol. The second kappa shape index (κ2) is 7.81. The lowest BCUT2D eigenvalue weighted by molar-refractivity contribution is -0.115. The van der Waals surface area contributed by atoms with Gasteiger partial charge in [0.1, 0.15) is 5.82 Å². The van der Waals surface area contributed by atoms with Crippen LogP contribution in [-0.4, -0.2) is 57.7 Å². The van der Waals surface area contributed by atoms with E-state index < -0.39 is 0 Å². The molecule has 3 aromatic rings. The third-order valence-corrected chi connectivity index (χ3v) is 4.46. The van der Waals surface area contributed by atoms with Crippen LogP contribution in [0.5, 0.6) is 0 Å². The number of piperazine rings is 1. The lowest BCUT2D eigenvalue weighted by Gasteiger charge is -2.36. The van der Waals surface area contributed by atoms with Crippen molar-refractivity contribution in [3.63, 3.8) is 0 Å². The zero-order chi connectivity index (χ0) is 18.5. The molecule has 0 bridgehead atoms. The molecule has 2 N–H and O–H groups in total. The van der Waals surface area contributed by atoms with Crippen molar-refractivity contribution in [1.29, 1.82) is 0 Å². The Balaban J connectivity index is 1.31. The van der Waals surface area contributed by atoms with Gasteiger partial charge in [0.05, 0.1) is 18.3 Å². The van der Waals surface area contributed by atoms with Gasteiger partial charge in [-0.1, -0.05) is 23.4 Å². The number of H-pyrrole nitrogens is 1. The number of pyridine rings is 1. The largest absolute Gasteiger partial charge is 0.368 e. The van der Waals surface area contributed by atoms with Gasteiger partial charge in [-0.05, 0) is 24.3 Å². The van der Waals surface area contributed by atoms with E-state index in [2.05, 4.69) is 65.0 Å². The smallest absolute Gasteiger partial charge is 0.232 e. The Labute approximate surface area is 156 Å². The number of nitrogens with one attached hydrogen (secondary N) is 2. The van der Waals surface area contributed by atoms with Crippen LogP contribution in [0.3, 0.4) is 0 Å². The van der Waals surface area contributed by atoms with Gasteiger partial charge in [-0.3, -0.25) is 4.79 Å². The van der Waals surface area contributed by atoms with E-state index in [0.29, 0.717) is 11.5 Å². The fourth-order valence-electron chi connectivity index (χ4n) is 3.09. The van der Waals surface area contributed by atoms with E-state index in [1.807, 2.05) is 18.2 Å². The normalized spacial score (nSPS) is 14.2. The number of hydrogen-bond acceptors (Lipinski definition) is 7. The fraction of sp³-hybridized carbons (Fsp3) is 0.278. The molecule has 1 amide bonds. The van der Waals surface area contributed by atoms with E-state index in [-0.39, 0.29) is 12.3 Å². The van der Waals surface area contributed by atoms with Crippen molar-refractivity contribution in [3.8, 4) is 0 Å². The minimum atomic E-state index is -0.206. The third-order valence-electron chi connectivity index (χ3n) is 4.46. The SMILES string of the molecule is O=C(Cc1nn[nH]n1)Nc1ccc(N2CCN(c3ccccc3)CC2)nc1. The van der Waals surface area contributed by atoms with Crippen LogP contribution in [0.4, 0.5) is 17.2 Å². The first-order valence-electron chi connectivity index (χ1n) is 8.81. The number of carbonyl (C=O) groups excluding carboxylic acids is 1. The van der Waals surface area contributed by atoms with Gasteiger partial charge in [0.15, 0.2) is 5.82 Å². The summed E-state index contributed by atoms with van der Waals surface area (Å²) in [5.74, 6) is 1.06. The van der Waals surface area contributed by atoms with E-state index in [4.69, 9.17) is 0 Å². The number of benzene rings is 1. The Morgan fingerprint density at radius 2 is 1.81 bits per heavy atom. The minimum Gasteiger partial charge on any atom is -0.368 e. The molecule has 0 saturated carbocycles. The lowest BCUT2D eigenvalue weighted by atomic mass is 10.2. The van der Waals surface area contributed by atoms with Gasteiger partial charge in [-0.25, -0.2) is 4.98 Å². The number of aromatic nitrogens is 5. The van der Waals surface area contributed by atoms with Gasteiger partial charge in [-0.2, -0.15) is 5.21 Å². The van der Waals surface area contributed by atoms with Gasteiger partial charge >= 0.3 is 0 Å². The van der Waals surface area contributed by atoms with Crippen molar-refractivity contribution < 1.29 is 4.79 Å². The highest BCUT2D eigenvalue weighted by Crippen LogP contribution is 2.20. The number of amides is 1. The molecule has 0 radical (unpaired) electrons. The zero-order valence-electron chi connectivity index (χ0n) is 14.7. The summed E-state index contributed by atoms with van der Waals surface area (Å²) in [5, 5.41) is 16.1. The van der Waals surface area contributed by atoms with Crippen molar-refractivity contribution in [2.24, 2.45) is 0 Å². The number of tetrazole rings is 1. The van der Waals surface area contributed by atoms with Crippen LogP contribution in [0, 0.1) is 0 Å². The number of carbonyl (C=O) groups is 1. The van der Waals surface area contributed by atoms with E-state index in [0.717, 1.165) is 32.0 Å². The molecule has 0 atom stereocenters. The number of anilines is 3. The lowest BCUT2D eigenvalue weighted by Crippen LogP contribution is -2.46. The van der Waals surface area contributed by atoms with Crippen molar-refractivity contribution in [2.45, 2.75) is 6.42 Å². The first-order valence-corrected chi connectivity index (χ1v) is 8.81. The van der Waals surface area contributed by atoms with Crippen LogP contribution in [0.15, 0.2) is 48.7 Å². The highest BCUT2D eigenvalue weighted by Gasteiger charge is 2.18. The maximum Gasteiger partial charge on any atom is 0.232 e. The number of para-hydroxylation sites is 1. The maximum atomic E-state index is 12.0. The average Bonchev–Trinajstić information content (AvgIpc) is 3.22. The monoisotopic (exact) mass is 364 g/mol. The summed E-state index contributed by atoms with van der Waals surface area (Å²) in [5.41, 5.74) is 1.90. The van der Waals surface area contributed by atoms with Gasteiger partial charge in [0.25, 0.3) is 0 Å². The first-order chi connectivity index (χ1) is 13.3.